The van der Waals surface area contributed by atoms with Gasteiger partial charge in [-0.05, 0) is 49.9 Å². The molecule has 3 atom stereocenters. The molecule has 0 spiro atoms. The van der Waals surface area contributed by atoms with Crippen LogP contribution in [0.25, 0.3) is 0 Å². The zero-order valence-electron chi connectivity index (χ0n) is 17.3. The van der Waals surface area contributed by atoms with Crippen molar-refractivity contribution < 1.29 is 17.9 Å². The van der Waals surface area contributed by atoms with Gasteiger partial charge >= 0.3 is 10.5 Å². The first-order chi connectivity index (χ1) is 13.9. The molecule has 2 N–H and O–H groups in total. The Balaban J connectivity index is 0.000000516. The Morgan fingerprint density at radius 3 is 2.55 bits per heavy atom. The zero-order chi connectivity index (χ0) is 21.7. The molecule has 0 heterocycles. The Kier molecular flexibility index (Phi) is 11.6. The summed E-state index contributed by atoms with van der Waals surface area (Å²) in [6.45, 7) is 2.15. The summed E-state index contributed by atoms with van der Waals surface area (Å²) < 4.78 is 31.7. The molecular formula is C20H31N3O4S2. The summed E-state index contributed by atoms with van der Waals surface area (Å²) in [5.74, 6) is 0.235. The molecule has 29 heavy (non-hydrogen) atoms. The van der Waals surface area contributed by atoms with Crippen molar-refractivity contribution >= 4 is 34.2 Å². The first-order valence-corrected chi connectivity index (χ1v) is 11.2. The van der Waals surface area contributed by atoms with Gasteiger partial charge < -0.3 is 15.4 Å². The van der Waals surface area contributed by atoms with Gasteiger partial charge in [-0.3, -0.25) is 4.79 Å². The molecular weight excluding hydrogens is 410 g/mol. The molecule has 3 unspecified atom stereocenters. The monoisotopic (exact) mass is 441 g/mol. The van der Waals surface area contributed by atoms with Crippen molar-refractivity contribution in [2.45, 2.75) is 63.0 Å². The van der Waals surface area contributed by atoms with Gasteiger partial charge in [0.1, 0.15) is 0 Å². The number of carbonyl (C=O) groups excluding carboxylic acids is 1. The molecule has 0 radical (unpaired) electrons. The SMILES string of the molecule is CCCC(CCCC1(N=S(=O)=O)CC1c1ccccc1)OC.CNC(=S)NC=O. The fraction of sp³-hybridized carbons (Fsp3) is 0.600. The molecule has 1 fully saturated rings. The van der Waals surface area contributed by atoms with E-state index in [1.54, 1.807) is 14.2 Å². The van der Waals surface area contributed by atoms with Crippen molar-refractivity contribution in [2.75, 3.05) is 14.2 Å². The molecule has 0 saturated heterocycles. The summed E-state index contributed by atoms with van der Waals surface area (Å²) in [5, 5.41) is 5.13. The van der Waals surface area contributed by atoms with E-state index in [2.05, 4.69) is 46.3 Å². The van der Waals surface area contributed by atoms with Gasteiger partial charge in [0, 0.05) is 20.1 Å². The number of ether oxygens (including phenoxy) is 1. The van der Waals surface area contributed by atoms with Crippen LogP contribution in [0.5, 0.6) is 0 Å². The summed E-state index contributed by atoms with van der Waals surface area (Å²) in [5.41, 5.74) is 0.770. The van der Waals surface area contributed by atoms with Gasteiger partial charge in [-0.1, -0.05) is 43.7 Å². The normalized spacial score (nSPS) is 20.4. The summed E-state index contributed by atoms with van der Waals surface area (Å²) in [4.78, 5) is 9.54. The number of nitrogens with zero attached hydrogens (tertiary/aromatic N) is 1. The van der Waals surface area contributed by atoms with Gasteiger partial charge in [0.05, 0.1) is 11.6 Å². The van der Waals surface area contributed by atoms with Crippen molar-refractivity contribution in [3.63, 3.8) is 0 Å². The average Bonchev–Trinajstić information content (AvgIpc) is 3.41. The predicted octanol–water partition coefficient (Wildman–Crippen LogP) is 3.20. The molecule has 1 aromatic carbocycles. The molecule has 162 valence electrons. The van der Waals surface area contributed by atoms with Crippen molar-refractivity contribution in [3.8, 4) is 0 Å². The molecule has 1 aromatic rings. The third-order valence-electron chi connectivity index (χ3n) is 5.00. The van der Waals surface area contributed by atoms with Crippen molar-refractivity contribution in [3.05, 3.63) is 35.9 Å². The lowest BCUT2D eigenvalue weighted by Crippen LogP contribution is -2.30. The maximum atomic E-state index is 11.1. The van der Waals surface area contributed by atoms with E-state index in [4.69, 9.17) is 4.74 Å². The van der Waals surface area contributed by atoms with Crippen LogP contribution >= 0.6 is 12.2 Å². The van der Waals surface area contributed by atoms with E-state index in [9.17, 15) is 13.2 Å². The lowest BCUT2D eigenvalue weighted by atomic mass is 9.99. The van der Waals surface area contributed by atoms with Gasteiger partial charge in [0.15, 0.2) is 5.11 Å². The van der Waals surface area contributed by atoms with Gasteiger partial charge in [0.2, 0.25) is 6.41 Å². The number of methoxy groups -OCH3 is 1. The zero-order valence-corrected chi connectivity index (χ0v) is 18.9. The summed E-state index contributed by atoms with van der Waals surface area (Å²) in [6.07, 6.45) is 6.51. The topological polar surface area (TPSA) is 96.9 Å². The van der Waals surface area contributed by atoms with Crippen LogP contribution in [0, 0.1) is 0 Å². The predicted molar refractivity (Wildman–Crippen MR) is 118 cm³/mol. The quantitative estimate of drug-likeness (QED) is 0.428. The molecule has 1 aliphatic rings. The van der Waals surface area contributed by atoms with Gasteiger partial charge in [-0.25, -0.2) is 0 Å². The van der Waals surface area contributed by atoms with Crippen LogP contribution in [0.4, 0.5) is 0 Å². The second-order valence-corrected chi connectivity index (χ2v) is 7.98. The summed E-state index contributed by atoms with van der Waals surface area (Å²) in [6, 6.07) is 10.1. The van der Waals surface area contributed by atoms with E-state index in [1.807, 2.05) is 18.2 Å². The van der Waals surface area contributed by atoms with E-state index >= 15 is 0 Å². The molecule has 1 amide bonds. The smallest absolute Gasteiger partial charge is 0.311 e. The lowest BCUT2D eigenvalue weighted by molar-refractivity contribution is -0.108. The fourth-order valence-electron chi connectivity index (χ4n) is 3.44. The molecule has 9 heteroatoms. The van der Waals surface area contributed by atoms with Gasteiger partial charge in [0.25, 0.3) is 0 Å². The van der Waals surface area contributed by atoms with E-state index in [-0.39, 0.29) is 12.0 Å². The number of carbonyl (C=O) groups is 1. The maximum Gasteiger partial charge on any atom is 0.311 e. The number of nitrogens with one attached hydrogen (secondary N) is 2. The van der Waals surface area contributed by atoms with Gasteiger partial charge in [-0.15, -0.1) is 0 Å². The summed E-state index contributed by atoms with van der Waals surface area (Å²) in [7, 11) is 1.04. The highest BCUT2D eigenvalue weighted by molar-refractivity contribution is 7.80. The molecule has 1 saturated carbocycles. The number of hydrogen-bond donors (Lipinski definition) is 2. The van der Waals surface area contributed by atoms with Crippen molar-refractivity contribution in [2.24, 2.45) is 4.36 Å². The molecule has 0 aromatic heterocycles. The highest BCUT2D eigenvalue weighted by Crippen LogP contribution is 2.57. The number of rotatable bonds is 10. The third kappa shape index (κ3) is 9.01. The Labute approximate surface area is 180 Å². The number of hydrogen-bond acceptors (Lipinski definition) is 6. The lowest BCUT2D eigenvalue weighted by Gasteiger charge is -2.16. The van der Waals surface area contributed by atoms with Crippen LogP contribution in [-0.4, -0.2) is 45.7 Å². The standard InChI is InChI=1S/C17H25NO3S.C3H6N2OS/c1-3-8-15(21-2)11-7-12-17(18-22(19)20)13-16(17)14-9-5-4-6-10-14;1-4-3(7)5-2-6/h4-6,9-10,15-16H,3,7-8,11-13H2,1-2H3;2H,1H3,(H2,4,5,6,7). The van der Waals surface area contributed by atoms with Crippen LogP contribution in [0.2, 0.25) is 0 Å². The highest BCUT2D eigenvalue weighted by atomic mass is 32.2. The van der Waals surface area contributed by atoms with E-state index in [0.717, 1.165) is 38.5 Å². The molecule has 7 nitrogen and oxygen atoms in total. The minimum Gasteiger partial charge on any atom is -0.381 e. The molecule has 1 aliphatic carbocycles. The van der Waals surface area contributed by atoms with Crippen LogP contribution in [-0.2, 0) is 20.0 Å². The Hall–Kier alpha value is -1.84. The van der Waals surface area contributed by atoms with E-state index < -0.39 is 16.0 Å². The minimum atomic E-state index is -2.34. The minimum absolute atomic E-state index is 0.235. The maximum absolute atomic E-state index is 11.1. The Morgan fingerprint density at radius 2 is 2.07 bits per heavy atom. The summed E-state index contributed by atoms with van der Waals surface area (Å²) >= 11 is 4.50. The van der Waals surface area contributed by atoms with E-state index in [1.165, 1.54) is 5.56 Å². The number of benzene rings is 1. The van der Waals surface area contributed by atoms with Crippen LogP contribution in [0.15, 0.2) is 34.7 Å². The molecule has 2 rings (SSSR count). The van der Waals surface area contributed by atoms with E-state index in [0.29, 0.717) is 11.5 Å². The first-order valence-electron chi connectivity index (χ1n) is 9.74. The highest BCUT2D eigenvalue weighted by Gasteiger charge is 2.55. The molecule has 0 bridgehead atoms. The van der Waals surface area contributed by atoms with Crippen molar-refractivity contribution in [1.82, 2.24) is 10.6 Å². The Bertz CT molecular complexity index is 763. The molecule has 0 aliphatic heterocycles. The first kappa shape index (κ1) is 25.2. The second-order valence-electron chi connectivity index (χ2n) is 6.96. The number of amides is 1. The number of thiocarbonyl (C=S) groups is 1. The van der Waals surface area contributed by atoms with Gasteiger partial charge in [-0.2, -0.15) is 12.8 Å². The van der Waals surface area contributed by atoms with Crippen molar-refractivity contribution in [1.29, 1.82) is 0 Å². The Morgan fingerprint density at radius 1 is 1.38 bits per heavy atom. The van der Waals surface area contributed by atoms with Crippen LogP contribution < -0.4 is 10.6 Å². The third-order valence-corrected chi connectivity index (χ3v) is 5.84. The second kappa shape index (κ2) is 13.4. The average molecular weight is 442 g/mol. The largest absolute Gasteiger partial charge is 0.381 e. The van der Waals surface area contributed by atoms with Crippen LogP contribution in [0.1, 0.15) is 56.9 Å². The van der Waals surface area contributed by atoms with Crippen LogP contribution in [0.3, 0.4) is 0 Å². The fourth-order valence-corrected chi connectivity index (χ4v) is 4.08.